The van der Waals surface area contributed by atoms with E-state index >= 15 is 0 Å². The highest BCUT2D eigenvalue weighted by atomic mass is 32.2. The molecular formula is C17H22N2S2. The highest BCUT2D eigenvalue weighted by Crippen LogP contribution is 2.33. The van der Waals surface area contributed by atoms with Gasteiger partial charge in [-0.3, -0.25) is 4.90 Å². The number of hydrogen-bond acceptors (Lipinski definition) is 4. The Morgan fingerprint density at radius 3 is 2.48 bits per heavy atom. The van der Waals surface area contributed by atoms with Gasteiger partial charge < -0.3 is 5.32 Å². The van der Waals surface area contributed by atoms with Crippen molar-refractivity contribution in [2.75, 3.05) is 32.4 Å². The summed E-state index contributed by atoms with van der Waals surface area (Å²) in [5.41, 5.74) is 2.78. The van der Waals surface area contributed by atoms with Gasteiger partial charge in [-0.2, -0.15) is 0 Å². The number of rotatable bonds is 4. The second-order valence-corrected chi connectivity index (χ2v) is 7.31. The number of thiophene rings is 1. The predicted molar refractivity (Wildman–Crippen MR) is 93.6 cm³/mol. The van der Waals surface area contributed by atoms with E-state index in [0.29, 0.717) is 6.04 Å². The Bertz CT molecular complexity index is 571. The zero-order valence-electron chi connectivity index (χ0n) is 12.6. The Morgan fingerprint density at radius 2 is 1.90 bits per heavy atom. The fourth-order valence-electron chi connectivity index (χ4n) is 2.88. The number of hydrogen-bond donors (Lipinski definition) is 1. The molecule has 4 heteroatoms. The van der Waals surface area contributed by atoms with Crippen LogP contribution < -0.4 is 5.32 Å². The summed E-state index contributed by atoms with van der Waals surface area (Å²) in [6.07, 6.45) is 2.13. The van der Waals surface area contributed by atoms with Crippen molar-refractivity contribution in [1.82, 2.24) is 10.2 Å². The summed E-state index contributed by atoms with van der Waals surface area (Å²) in [4.78, 5) is 5.40. The number of thioether (sulfide) groups is 1. The van der Waals surface area contributed by atoms with Crippen molar-refractivity contribution >= 4 is 23.1 Å². The Balaban J connectivity index is 1.93. The molecule has 1 aliphatic heterocycles. The second-order valence-electron chi connectivity index (χ2n) is 5.49. The van der Waals surface area contributed by atoms with E-state index in [1.165, 1.54) is 20.9 Å². The normalized spacial score (nSPS) is 17.8. The maximum absolute atomic E-state index is 3.45. The highest BCUT2D eigenvalue weighted by molar-refractivity contribution is 7.98. The van der Waals surface area contributed by atoms with E-state index in [2.05, 4.69) is 59.1 Å². The van der Waals surface area contributed by atoms with E-state index in [0.717, 1.165) is 26.2 Å². The largest absolute Gasteiger partial charge is 0.314 e. The Labute approximate surface area is 135 Å². The van der Waals surface area contributed by atoms with Gasteiger partial charge in [-0.15, -0.1) is 23.1 Å². The van der Waals surface area contributed by atoms with Gasteiger partial charge >= 0.3 is 0 Å². The zero-order valence-corrected chi connectivity index (χ0v) is 14.3. The van der Waals surface area contributed by atoms with Gasteiger partial charge in [0.1, 0.15) is 0 Å². The van der Waals surface area contributed by atoms with Gasteiger partial charge in [0.25, 0.3) is 0 Å². The van der Waals surface area contributed by atoms with Crippen LogP contribution in [0.15, 0.2) is 40.6 Å². The quantitative estimate of drug-likeness (QED) is 0.864. The van der Waals surface area contributed by atoms with Crippen LogP contribution in [0, 0.1) is 6.92 Å². The van der Waals surface area contributed by atoms with Crippen molar-refractivity contribution in [3.8, 4) is 0 Å². The minimum absolute atomic E-state index is 0.404. The number of nitrogens with one attached hydrogen (secondary N) is 1. The predicted octanol–water partition coefficient (Wildman–Crippen LogP) is 3.77. The Kier molecular flexibility index (Phi) is 5.01. The fourth-order valence-corrected chi connectivity index (χ4v) is 4.34. The maximum Gasteiger partial charge on any atom is 0.0697 e. The molecular weight excluding hydrogens is 296 g/mol. The van der Waals surface area contributed by atoms with E-state index in [9.17, 15) is 0 Å². The molecule has 3 rings (SSSR count). The molecule has 0 bridgehead atoms. The molecule has 1 atom stereocenters. The molecule has 1 aromatic carbocycles. The molecule has 2 nitrogen and oxygen atoms in total. The molecule has 0 radical (unpaired) electrons. The lowest BCUT2D eigenvalue weighted by molar-refractivity contribution is 0.200. The monoisotopic (exact) mass is 318 g/mol. The van der Waals surface area contributed by atoms with Crippen LogP contribution in [0.3, 0.4) is 0 Å². The zero-order chi connectivity index (χ0) is 14.7. The number of piperazine rings is 1. The van der Waals surface area contributed by atoms with Crippen molar-refractivity contribution in [1.29, 1.82) is 0 Å². The van der Waals surface area contributed by atoms with Crippen LogP contribution in [0.5, 0.6) is 0 Å². The van der Waals surface area contributed by atoms with Gasteiger partial charge in [0, 0.05) is 36.0 Å². The Morgan fingerprint density at radius 1 is 1.19 bits per heavy atom. The highest BCUT2D eigenvalue weighted by Gasteiger charge is 2.24. The summed E-state index contributed by atoms with van der Waals surface area (Å²) in [7, 11) is 0. The number of benzene rings is 1. The number of aryl methyl sites for hydroxylation is 1. The van der Waals surface area contributed by atoms with Crippen molar-refractivity contribution < 1.29 is 0 Å². The molecule has 1 aliphatic rings. The van der Waals surface area contributed by atoms with Crippen LogP contribution in [0.25, 0.3) is 0 Å². The standard InChI is InChI=1S/C17H22N2S2/c1-13-11-16(21-12-13)17(19-9-7-18-8-10-19)14-3-5-15(20-2)6-4-14/h3-6,11-12,17-18H,7-10H2,1-2H3. The van der Waals surface area contributed by atoms with Gasteiger partial charge in [-0.25, -0.2) is 0 Å². The summed E-state index contributed by atoms with van der Waals surface area (Å²) in [5.74, 6) is 0. The molecule has 21 heavy (non-hydrogen) atoms. The van der Waals surface area contributed by atoms with Crippen LogP contribution in [-0.4, -0.2) is 37.3 Å². The first kappa shape index (κ1) is 15.1. The molecule has 1 fully saturated rings. The molecule has 0 spiro atoms. The molecule has 0 aliphatic carbocycles. The lowest BCUT2D eigenvalue weighted by Gasteiger charge is -2.34. The molecule has 0 amide bonds. The third kappa shape index (κ3) is 3.51. The van der Waals surface area contributed by atoms with Gasteiger partial charge in [0.2, 0.25) is 0 Å². The van der Waals surface area contributed by atoms with Crippen LogP contribution in [0.4, 0.5) is 0 Å². The van der Waals surface area contributed by atoms with Gasteiger partial charge in [-0.05, 0) is 47.9 Å². The van der Waals surface area contributed by atoms with Gasteiger partial charge in [-0.1, -0.05) is 12.1 Å². The molecule has 2 aromatic rings. The third-order valence-electron chi connectivity index (χ3n) is 3.97. The lowest BCUT2D eigenvalue weighted by Crippen LogP contribution is -2.45. The van der Waals surface area contributed by atoms with Gasteiger partial charge in [0.05, 0.1) is 6.04 Å². The van der Waals surface area contributed by atoms with Crippen LogP contribution >= 0.6 is 23.1 Å². The van der Waals surface area contributed by atoms with Crippen LogP contribution in [0.1, 0.15) is 22.0 Å². The number of nitrogens with zero attached hydrogens (tertiary/aromatic N) is 1. The van der Waals surface area contributed by atoms with Crippen LogP contribution in [-0.2, 0) is 0 Å². The van der Waals surface area contributed by atoms with E-state index in [-0.39, 0.29) is 0 Å². The van der Waals surface area contributed by atoms with E-state index < -0.39 is 0 Å². The average molecular weight is 319 g/mol. The summed E-state index contributed by atoms with van der Waals surface area (Å²) in [6, 6.07) is 11.8. The molecule has 1 saturated heterocycles. The SMILES string of the molecule is CSc1ccc(C(c2cc(C)cs2)N2CCNCC2)cc1. The fraction of sp³-hybridized carbons (Fsp3) is 0.412. The lowest BCUT2D eigenvalue weighted by atomic mass is 10.0. The van der Waals surface area contributed by atoms with Gasteiger partial charge in [0.15, 0.2) is 0 Å². The summed E-state index contributed by atoms with van der Waals surface area (Å²) < 4.78 is 0. The second kappa shape index (κ2) is 6.97. The summed E-state index contributed by atoms with van der Waals surface area (Å²) in [6.45, 7) is 6.59. The smallest absolute Gasteiger partial charge is 0.0697 e. The first-order chi connectivity index (χ1) is 10.3. The molecule has 2 heterocycles. The Hall–Kier alpha value is -0.810. The van der Waals surface area contributed by atoms with Crippen molar-refractivity contribution in [3.63, 3.8) is 0 Å². The maximum atomic E-state index is 3.45. The third-order valence-corrected chi connectivity index (χ3v) is 5.82. The molecule has 0 saturated carbocycles. The first-order valence-electron chi connectivity index (χ1n) is 7.41. The minimum Gasteiger partial charge on any atom is -0.314 e. The van der Waals surface area contributed by atoms with E-state index in [1.54, 1.807) is 11.8 Å². The van der Waals surface area contributed by atoms with E-state index in [1.807, 2.05) is 11.3 Å². The average Bonchev–Trinajstić information content (AvgIpc) is 2.95. The molecule has 1 aromatic heterocycles. The first-order valence-corrected chi connectivity index (χ1v) is 9.52. The van der Waals surface area contributed by atoms with Crippen molar-refractivity contribution in [3.05, 3.63) is 51.7 Å². The summed E-state index contributed by atoms with van der Waals surface area (Å²) >= 11 is 3.69. The van der Waals surface area contributed by atoms with E-state index in [4.69, 9.17) is 0 Å². The molecule has 1 unspecified atom stereocenters. The van der Waals surface area contributed by atoms with Crippen LogP contribution in [0.2, 0.25) is 0 Å². The van der Waals surface area contributed by atoms with Crippen molar-refractivity contribution in [2.45, 2.75) is 17.9 Å². The minimum atomic E-state index is 0.404. The summed E-state index contributed by atoms with van der Waals surface area (Å²) in [5, 5.41) is 5.72. The molecule has 1 N–H and O–H groups in total. The topological polar surface area (TPSA) is 15.3 Å². The van der Waals surface area contributed by atoms with Crippen molar-refractivity contribution in [2.24, 2.45) is 0 Å². The molecule has 112 valence electrons.